The van der Waals surface area contributed by atoms with Gasteiger partial charge in [-0.1, -0.05) is 24.1 Å². The fourth-order valence-electron chi connectivity index (χ4n) is 2.44. The molecule has 1 aromatic carbocycles. The van der Waals surface area contributed by atoms with Crippen molar-refractivity contribution in [3.63, 3.8) is 0 Å². The quantitative estimate of drug-likeness (QED) is 0.731. The number of nitrogens with one attached hydrogen (secondary N) is 3. The SMILES string of the molecule is CCNC(=O)N1Cc2[nH]nc(NC(=O)C#Cc3ccccc3)c2C1. The predicted octanol–water partition coefficient (Wildman–Crippen LogP) is 1.44. The Morgan fingerprint density at radius 1 is 1.29 bits per heavy atom. The van der Waals surface area contributed by atoms with Gasteiger partial charge in [0.1, 0.15) is 0 Å². The molecule has 7 heteroatoms. The highest BCUT2D eigenvalue weighted by Crippen LogP contribution is 2.26. The Morgan fingerprint density at radius 3 is 2.83 bits per heavy atom. The molecule has 3 N–H and O–H groups in total. The van der Waals surface area contributed by atoms with Crippen LogP contribution in [0.1, 0.15) is 23.7 Å². The summed E-state index contributed by atoms with van der Waals surface area (Å²) in [7, 11) is 0. The Labute approximate surface area is 139 Å². The van der Waals surface area contributed by atoms with Crippen LogP contribution in [0.15, 0.2) is 30.3 Å². The maximum atomic E-state index is 12.0. The first-order chi connectivity index (χ1) is 11.7. The lowest BCUT2D eigenvalue weighted by Crippen LogP contribution is -2.36. The van der Waals surface area contributed by atoms with E-state index in [1.54, 1.807) is 4.90 Å². The summed E-state index contributed by atoms with van der Waals surface area (Å²) >= 11 is 0. The van der Waals surface area contributed by atoms with E-state index in [2.05, 4.69) is 32.7 Å². The number of benzene rings is 1. The molecular formula is C17H17N5O2. The largest absolute Gasteiger partial charge is 0.338 e. The Morgan fingerprint density at radius 2 is 2.08 bits per heavy atom. The molecule has 3 amide bonds. The molecule has 2 heterocycles. The van der Waals surface area contributed by atoms with Crippen LogP contribution in [0.4, 0.5) is 10.6 Å². The zero-order valence-electron chi connectivity index (χ0n) is 13.2. The van der Waals surface area contributed by atoms with E-state index in [4.69, 9.17) is 0 Å². The van der Waals surface area contributed by atoms with E-state index in [0.717, 1.165) is 16.8 Å². The van der Waals surface area contributed by atoms with Gasteiger partial charge in [0.15, 0.2) is 5.82 Å². The standard InChI is InChI=1S/C17H17N5O2/c1-2-18-17(24)22-10-13-14(11-22)20-21-16(13)19-15(23)9-8-12-6-4-3-5-7-12/h3-7H,2,10-11H2,1H3,(H,18,24)(H2,19,20,21,23). The molecule has 0 saturated heterocycles. The monoisotopic (exact) mass is 323 g/mol. The van der Waals surface area contributed by atoms with Crippen molar-refractivity contribution < 1.29 is 9.59 Å². The van der Waals surface area contributed by atoms with Gasteiger partial charge in [-0.3, -0.25) is 15.2 Å². The molecule has 0 atom stereocenters. The summed E-state index contributed by atoms with van der Waals surface area (Å²) in [5, 5.41) is 12.4. The van der Waals surface area contributed by atoms with E-state index in [0.29, 0.717) is 25.5 Å². The third-order valence-electron chi connectivity index (χ3n) is 3.59. The lowest BCUT2D eigenvalue weighted by molar-refractivity contribution is -0.111. The second kappa shape index (κ2) is 6.87. The minimum atomic E-state index is -0.440. The van der Waals surface area contributed by atoms with E-state index >= 15 is 0 Å². The average molecular weight is 323 g/mol. The Kier molecular flexibility index (Phi) is 4.47. The average Bonchev–Trinajstić information content (AvgIpc) is 3.16. The summed E-state index contributed by atoms with van der Waals surface area (Å²) in [6.07, 6.45) is 0. The van der Waals surface area contributed by atoms with Gasteiger partial charge in [-0.2, -0.15) is 5.10 Å². The van der Waals surface area contributed by atoms with Gasteiger partial charge in [0.2, 0.25) is 0 Å². The number of fused-ring (bicyclic) bond motifs is 1. The van der Waals surface area contributed by atoms with Crippen LogP contribution in [0, 0.1) is 11.8 Å². The van der Waals surface area contributed by atoms with Crippen molar-refractivity contribution in [3.05, 3.63) is 47.2 Å². The number of H-pyrrole nitrogens is 1. The minimum Gasteiger partial charge on any atom is -0.338 e. The molecule has 7 nitrogen and oxygen atoms in total. The van der Waals surface area contributed by atoms with Crippen LogP contribution in [0.5, 0.6) is 0 Å². The fraction of sp³-hybridized carbons (Fsp3) is 0.235. The van der Waals surface area contributed by atoms with Gasteiger partial charge in [0.25, 0.3) is 0 Å². The second-order valence-corrected chi connectivity index (χ2v) is 5.29. The molecular weight excluding hydrogens is 306 g/mol. The predicted molar refractivity (Wildman–Crippen MR) is 88.9 cm³/mol. The maximum absolute atomic E-state index is 12.0. The van der Waals surface area contributed by atoms with E-state index < -0.39 is 5.91 Å². The van der Waals surface area contributed by atoms with Gasteiger partial charge in [-0.25, -0.2) is 4.79 Å². The number of hydrogen-bond donors (Lipinski definition) is 3. The normalized spacial score (nSPS) is 12.1. The smallest absolute Gasteiger partial charge is 0.318 e. The lowest BCUT2D eigenvalue weighted by Gasteiger charge is -2.15. The van der Waals surface area contributed by atoms with E-state index in [1.165, 1.54) is 0 Å². The summed E-state index contributed by atoms with van der Waals surface area (Å²) in [4.78, 5) is 25.5. The first kappa shape index (κ1) is 15.6. The molecule has 0 spiro atoms. The first-order valence-electron chi connectivity index (χ1n) is 7.64. The van der Waals surface area contributed by atoms with Crippen LogP contribution in [-0.2, 0) is 17.9 Å². The number of carbonyl (C=O) groups is 2. The third kappa shape index (κ3) is 3.38. The lowest BCUT2D eigenvalue weighted by atomic mass is 10.2. The minimum absolute atomic E-state index is 0.136. The third-order valence-corrected chi connectivity index (χ3v) is 3.59. The molecule has 0 saturated carbocycles. The zero-order valence-corrected chi connectivity index (χ0v) is 13.2. The van der Waals surface area contributed by atoms with Crippen LogP contribution in [0.2, 0.25) is 0 Å². The van der Waals surface area contributed by atoms with Crippen LogP contribution in [0.25, 0.3) is 0 Å². The van der Waals surface area contributed by atoms with Crippen molar-refractivity contribution in [3.8, 4) is 11.8 Å². The molecule has 0 radical (unpaired) electrons. The highest BCUT2D eigenvalue weighted by molar-refractivity contribution is 6.04. The molecule has 122 valence electrons. The number of aromatic nitrogens is 2. The van der Waals surface area contributed by atoms with Gasteiger partial charge in [0.05, 0.1) is 18.8 Å². The van der Waals surface area contributed by atoms with E-state index in [-0.39, 0.29) is 6.03 Å². The molecule has 1 aliphatic heterocycles. The van der Waals surface area contributed by atoms with Gasteiger partial charge in [-0.15, -0.1) is 0 Å². The van der Waals surface area contributed by atoms with Gasteiger partial charge >= 0.3 is 11.9 Å². The van der Waals surface area contributed by atoms with Gasteiger partial charge < -0.3 is 10.2 Å². The number of amides is 3. The number of rotatable bonds is 2. The van der Waals surface area contributed by atoms with Crippen LogP contribution >= 0.6 is 0 Å². The fourth-order valence-corrected chi connectivity index (χ4v) is 2.44. The summed E-state index contributed by atoms with van der Waals surface area (Å²) in [6.45, 7) is 3.28. The molecule has 3 rings (SSSR count). The van der Waals surface area contributed by atoms with Crippen molar-refractivity contribution >= 4 is 17.8 Å². The van der Waals surface area contributed by atoms with Crippen molar-refractivity contribution in [1.29, 1.82) is 0 Å². The zero-order chi connectivity index (χ0) is 16.9. The van der Waals surface area contributed by atoms with Crippen LogP contribution in [0.3, 0.4) is 0 Å². The summed E-state index contributed by atoms with van der Waals surface area (Å²) in [5.41, 5.74) is 2.41. The second-order valence-electron chi connectivity index (χ2n) is 5.29. The number of anilines is 1. The van der Waals surface area contributed by atoms with Gasteiger partial charge in [-0.05, 0) is 19.1 Å². The van der Waals surface area contributed by atoms with Crippen molar-refractivity contribution in [2.24, 2.45) is 0 Å². The van der Waals surface area contributed by atoms with Crippen LogP contribution in [-0.4, -0.2) is 33.6 Å². The molecule has 0 bridgehead atoms. The summed E-state index contributed by atoms with van der Waals surface area (Å²) in [5.74, 6) is 5.31. The van der Waals surface area contributed by atoms with Crippen LogP contribution < -0.4 is 10.6 Å². The first-order valence-corrected chi connectivity index (χ1v) is 7.64. The topological polar surface area (TPSA) is 90.1 Å². The highest BCUT2D eigenvalue weighted by atomic mass is 16.2. The number of aromatic amines is 1. The Balaban J connectivity index is 1.66. The molecule has 24 heavy (non-hydrogen) atoms. The summed E-state index contributed by atoms with van der Waals surface area (Å²) < 4.78 is 0. The van der Waals surface area contributed by atoms with E-state index in [1.807, 2.05) is 37.3 Å². The van der Waals surface area contributed by atoms with Crippen molar-refractivity contribution in [2.45, 2.75) is 20.0 Å². The number of hydrogen-bond acceptors (Lipinski definition) is 3. The number of nitrogens with zero attached hydrogens (tertiary/aromatic N) is 2. The molecule has 0 aliphatic carbocycles. The highest BCUT2D eigenvalue weighted by Gasteiger charge is 2.28. The molecule has 0 fully saturated rings. The Hall–Kier alpha value is -3.27. The Bertz CT molecular complexity index is 816. The maximum Gasteiger partial charge on any atom is 0.318 e. The molecule has 0 unspecified atom stereocenters. The molecule has 1 aliphatic rings. The van der Waals surface area contributed by atoms with Crippen molar-refractivity contribution in [1.82, 2.24) is 20.4 Å². The number of urea groups is 1. The summed E-state index contributed by atoms with van der Waals surface area (Å²) in [6, 6.07) is 9.13. The molecule has 1 aromatic heterocycles. The van der Waals surface area contributed by atoms with Crippen molar-refractivity contribution in [2.75, 3.05) is 11.9 Å². The van der Waals surface area contributed by atoms with E-state index in [9.17, 15) is 9.59 Å². The number of carbonyl (C=O) groups excluding carboxylic acids is 2. The molecule has 2 aromatic rings. The van der Waals surface area contributed by atoms with Gasteiger partial charge in [0, 0.05) is 23.6 Å².